The zero-order chi connectivity index (χ0) is 11.4. The zero-order valence-corrected chi connectivity index (χ0v) is 8.80. The Labute approximate surface area is 92.4 Å². The summed E-state index contributed by atoms with van der Waals surface area (Å²) in [5, 5.41) is 7.04. The Morgan fingerprint density at radius 3 is 2.31 bits per heavy atom. The van der Waals surface area contributed by atoms with Gasteiger partial charge in [0, 0.05) is 13.1 Å². The third kappa shape index (κ3) is 2.36. The fraction of sp³-hybridized carbons (Fsp3) is 0.556. The van der Waals surface area contributed by atoms with E-state index < -0.39 is 11.8 Å². The highest BCUT2D eigenvalue weighted by molar-refractivity contribution is 6.38. The van der Waals surface area contributed by atoms with Crippen LogP contribution in [-0.4, -0.2) is 44.7 Å². The molecule has 2 heterocycles. The summed E-state index contributed by atoms with van der Waals surface area (Å²) in [7, 11) is 0. The minimum Gasteiger partial charge on any atom is -0.334 e. The van der Waals surface area contributed by atoms with Crippen molar-refractivity contribution in [1.29, 1.82) is 0 Å². The van der Waals surface area contributed by atoms with Gasteiger partial charge in [0.1, 0.15) is 12.7 Å². The van der Waals surface area contributed by atoms with Crippen molar-refractivity contribution in [2.75, 3.05) is 18.5 Å². The molecule has 0 unspecified atom stereocenters. The molecule has 7 heteroatoms. The lowest BCUT2D eigenvalue weighted by molar-refractivity contribution is -0.144. The van der Waals surface area contributed by atoms with E-state index in [-0.39, 0.29) is 0 Å². The van der Waals surface area contributed by atoms with Gasteiger partial charge in [0.2, 0.25) is 0 Å². The highest BCUT2D eigenvalue weighted by Gasteiger charge is 2.23. The Balaban J connectivity index is 1.91. The van der Waals surface area contributed by atoms with Crippen LogP contribution in [0.15, 0.2) is 12.7 Å². The summed E-state index contributed by atoms with van der Waals surface area (Å²) in [4.78, 5) is 24.8. The van der Waals surface area contributed by atoms with Crippen molar-refractivity contribution in [1.82, 2.24) is 19.8 Å². The van der Waals surface area contributed by atoms with Gasteiger partial charge in [-0.1, -0.05) is 0 Å². The summed E-state index contributed by atoms with van der Waals surface area (Å²) in [6, 6.07) is 0. The molecule has 0 aromatic carbocycles. The van der Waals surface area contributed by atoms with Gasteiger partial charge in [0.25, 0.3) is 0 Å². The van der Waals surface area contributed by atoms with Crippen molar-refractivity contribution in [3.8, 4) is 0 Å². The summed E-state index contributed by atoms with van der Waals surface area (Å²) in [6.45, 7) is 1.32. The molecule has 1 fully saturated rings. The molecule has 1 aromatic rings. The van der Waals surface area contributed by atoms with Gasteiger partial charge in [-0.25, -0.2) is 4.68 Å². The molecule has 0 atom stereocenters. The lowest BCUT2D eigenvalue weighted by Crippen LogP contribution is -2.44. The number of nitrogens with zero attached hydrogens (tertiary/aromatic N) is 4. The number of likely N-dealkylation sites (tertiary alicyclic amines) is 1. The predicted octanol–water partition coefficient (Wildman–Crippen LogP) is -0.639. The van der Waals surface area contributed by atoms with Crippen molar-refractivity contribution < 1.29 is 9.59 Å². The van der Waals surface area contributed by atoms with Gasteiger partial charge in [0.15, 0.2) is 0 Å². The number of aromatic nitrogens is 3. The molecule has 1 aliphatic heterocycles. The predicted molar refractivity (Wildman–Crippen MR) is 54.8 cm³/mol. The third-order valence-electron chi connectivity index (χ3n) is 2.49. The molecular formula is C9H13N5O2. The van der Waals surface area contributed by atoms with Crippen LogP contribution in [0.4, 0.5) is 0 Å². The molecule has 7 nitrogen and oxygen atoms in total. The van der Waals surface area contributed by atoms with E-state index in [1.165, 1.54) is 17.3 Å². The smallest absolute Gasteiger partial charge is 0.328 e. The molecule has 0 bridgehead atoms. The Kier molecular flexibility index (Phi) is 3.13. The van der Waals surface area contributed by atoms with Gasteiger partial charge >= 0.3 is 11.8 Å². The van der Waals surface area contributed by atoms with Crippen molar-refractivity contribution in [2.45, 2.75) is 19.3 Å². The van der Waals surface area contributed by atoms with Crippen LogP contribution >= 0.6 is 0 Å². The largest absolute Gasteiger partial charge is 0.334 e. The quantitative estimate of drug-likeness (QED) is 0.642. The van der Waals surface area contributed by atoms with Crippen LogP contribution in [0.5, 0.6) is 0 Å². The average Bonchev–Trinajstić information content (AvgIpc) is 2.82. The van der Waals surface area contributed by atoms with Crippen molar-refractivity contribution in [3.63, 3.8) is 0 Å². The van der Waals surface area contributed by atoms with Crippen molar-refractivity contribution in [3.05, 3.63) is 12.7 Å². The molecule has 16 heavy (non-hydrogen) atoms. The Morgan fingerprint density at radius 1 is 1.06 bits per heavy atom. The second-order valence-electron chi connectivity index (χ2n) is 3.66. The minimum atomic E-state index is -0.651. The molecule has 2 amide bonds. The third-order valence-corrected chi connectivity index (χ3v) is 2.49. The van der Waals surface area contributed by atoms with Gasteiger partial charge in [0.05, 0.1) is 0 Å². The molecule has 2 rings (SSSR count). The molecule has 1 aromatic heterocycles. The molecule has 0 aliphatic carbocycles. The van der Waals surface area contributed by atoms with Crippen LogP contribution in [0.25, 0.3) is 0 Å². The number of carbonyl (C=O) groups is 2. The van der Waals surface area contributed by atoms with Crippen LogP contribution in [0.3, 0.4) is 0 Å². The first-order chi connectivity index (χ1) is 7.77. The van der Waals surface area contributed by atoms with E-state index in [1.54, 1.807) is 4.90 Å². The fourth-order valence-electron chi connectivity index (χ4n) is 1.66. The van der Waals surface area contributed by atoms with E-state index >= 15 is 0 Å². The first kappa shape index (κ1) is 10.6. The van der Waals surface area contributed by atoms with E-state index in [0.29, 0.717) is 13.1 Å². The van der Waals surface area contributed by atoms with Crippen LogP contribution in [0, 0.1) is 0 Å². The second-order valence-corrected chi connectivity index (χ2v) is 3.66. The van der Waals surface area contributed by atoms with Gasteiger partial charge < -0.3 is 4.90 Å². The molecule has 0 spiro atoms. The van der Waals surface area contributed by atoms with E-state index in [9.17, 15) is 9.59 Å². The first-order valence-corrected chi connectivity index (χ1v) is 5.22. The number of nitrogens with one attached hydrogen (secondary N) is 1. The topological polar surface area (TPSA) is 80.1 Å². The highest BCUT2D eigenvalue weighted by Crippen LogP contribution is 2.08. The summed E-state index contributed by atoms with van der Waals surface area (Å²) in [5.41, 5.74) is 2.38. The normalized spacial score (nSPS) is 15.9. The number of amides is 2. The van der Waals surface area contributed by atoms with Crippen LogP contribution < -0.4 is 5.43 Å². The maximum Gasteiger partial charge on any atom is 0.328 e. The first-order valence-electron chi connectivity index (χ1n) is 5.22. The molecule has 1 aliphatic rings. The summed E-state index contributed by atoms with van der Waals surface area (Å²) >= 11 is 0. The Bertz CT molecular complexity index is 369. The van der Waals surface area contributed by atoms with Crippen LogP contribution in [0.1, 0.15) is 19.3 Å². The second kappa shape index (κ2) is 4.73. The van der Waals surface area contributed by atoms with Gasteiger partial charge in [-0.15, -0.1) is 10.2 Å². The fourth-order valence-corrected chi connectivity index (χ4v) is 1.66. The molecule has 0 saturated carbocycles. The Morgan fingerprint density at radius 2 is 1.69 bits per heavy atom. The minimum absolute atomic E-state index is 0.492. The summed E-state index contributed by atoms with van der Waals surface area (Å²) < 4.78 is 1.25. The standard InChI is InChI=1S/C9H13N5O2/c15-8(12-14-6-10-11-7-14)9(16)13-4-2-1-3-5-13/h6-7H,1-5H2,(H,12,15). The summed E-state index contributed by atoms with van der Waals surface area (Å²) in [5.74, 6) is -1.14. The maximum atomic E-state index is 11.7. The molecule has 1 N–H and O–H groups in total. The lowest BCUT2D eigenvalue weighted by Gasteiger charge is -2.25. The van der Waals surface area contributed by atoms with Crippen molar-refractivity contribution >= 4 is 11.8 Å². The molecule has 0 radical (unpaired) electrons. The van der Waals surface area contributed by atoms with Gasteiger partial charge in [-0.2, -0.15) is 0 Å². The van der Waals surface area contributed by atoms with Gasteiger partial charge in [-0.3, -0.25) is 15.0 Å². The number of piperidine rings is 1. The van der Waals surface area contributed by atoms with Crippen LogP contribution in [0.2, 0.25) is 0 Å². The molecule has 1 saturated heterocycles. The SMILES string of the molecule is O=C(Nn1cnnc1)C(=O)N1CCCCC1. The van der Waals surface area contributed by atoms with E-state index in [4.69, 9.17) is 0 Å². The maximum absolute atomic E-state index is 11.7. The molecule has 86 valence electrons. The lowest BCUT2D eigenvalue weighted by atomic mass is 10.1. The van der Waals surface area contributed by atoms with E-state index in [0.717, 1.165) is 19.3 Å². The van der Waals surface area contributed by atoms with E-state index in [2.05, 4.69) is 15.6 Å². The molecular weight excluding hydrogens is 210 g/mol. The summed E-state index contributed by atoms with van der Waals surface area (Å²) in [6.07, 6.45) is 5.69. The highest BCUT2D eigenvalue weighted by atomic mass is 16.2. The van der Waals surface area contributed by atoms with Crippen molar-refractivity contribution in [2.24, 2.45) is 0 Å². The number of carbonyl (C=O) groups excluding carboxylic acids is 2. The van der Waals surface area contributed by atoms with E-state index in [1.807, 2.05) is 0 Å². The zero-order valence-electron chi connectivity index (χ0n) is 8.80. The van der Waals surface area contributed by atoms with Crippen LogP contribution in [-0.2, 0) is 9.59 Å². The van der Waals surface area contributed by atoms with Gasteiger partial charge in [-0.05, 0) is 19.3 Å². The number of hydrogen-bond donors (Lipinski definition) is 1. The number of rotatable bonds is 1. The Hall–Kier alpha value is -1.92. The average molecular weight is 223 g/mol. The number of hydrogen-bond acceptors (Lipinski definition) is 4. The monoisotopic (exact) mass is 223 g/mol.